The predicted octanol–water partition coefficient (Wildman–Crippen LogP) is 4.00. The Labute approximate surface area is 176 Å². The normalized spacial score (nSPS) is 20.5. The van der Waals surface area contributed by atoms with E-state index in [1.54, 1.807) is 20.8 Å². The molecule has 0 aromatic heterocycles. The van der Waals surface area contributed by atoms with Gasteiger partial charge in [-0.15, -0.1) is 0 Å². The first-order valence-electron chi connectivity index (χ1n) is 10.6. The summed E-state index contributed by atoms with van der Waals surface area (Å²) in [5.41, 5.74) is 2.00. The number of nitrogens with zero attached hydrogens (tertiary/aromatic N) is 1. The average molecular weight is 424 g/mol. The molecule has 2 rings (SSSR count). The highest BCUT2D eigenvalue weighted by atomic mass is 32.2. The highest BCUT2D eigenvalue weighted by Gasteiger charge is 2.28. The molecule has 1 saturated heterocycles. The van der Waals surface area contributed by atoms with Gasteiger partial charge in [0.2, 0.25) is 15.9 Å². The minimum Gasteiger partial charge on any atom is -0.371 e. The number of piperidine rings is 1. The van der Waals surface area contributed by atoms with Crippen molar-refractivity contribution in [3.8, 4) is 0 Å². The smallest absolute Gasteiger partial charge is 0.224 e. The van der Waals surface area contributed by atoms with Crippen LogP contribution in [0.25, 0.3) is 0 Å². The van der Waals surface area contributed by atoms with Gasteiger partial charge in [-0.3, -0.25) is 4.79 Å². The summed E-state index contributed by atoms with van der Waals surface area (Å²) in [6, 6.07) is 8.05. The van der Waals surface area contributed by atoms with E-state index < -0.39 is 14.8 Å². The van der Waals surface area contributed by atoms with E-state index in [4.69, 9.17) is 0 Å². The number of carbonyl (C=O) groups is 1. The lowest BCUT2D eigenvalue weighted by atomic mass is 9.91. The van der Waals surface area contributed by atoms with Crippen molar-refractivity contribution >= 4 is 27.3 Å². The Morgan fingerprint density at radius 1 is 1.07 bits per heavy atom. The summed E-state index contributed by atoms with van der Waals surface area (Å²) in [7, 11) is -3.32. The molecule has 0 saturated carbocycles. The maximum Gasteiger partial charge on any atom is 0.224 e. The number of hydrogen-bond acceptors (Lipinski definition) is 4. The van der Waals surface area contributed by atoms with E-state index in [0.29, 0.717) is 37.6 Å². The first-order valence-corrected chi connectivity index (χ1v) is 12.1. The van der Waals surface area contributed by atoms with Crippen molar-refractivity contribution in [1.82, 2.24) is 4.72 Å². The monoisotopic (exact) mass is 423 g/mol. The minimum atomic E-state index is -3.32. The van der Waals surface area contributed by atoms with Crippen molar-refractivity contribution in [1.29, 1.82) is 0 Å². The van der Waals surface area contributed by atoms with Crippen LogP contribution < -0.4 is 14.9 Å². The van der Waals surface area contributed by atoms with Crippen molar-refractivity contribution in [3.05, 3.63) is 24.3 Å². The molecule has 1 aromatic rings. The Hall–Kier alpha value is -1.60. The van der Waals surface area contributed by atoms with Crippen molar-refractivity contribution in [3.63, 3.8) is 0 Å². The van der Waals surface area contributed by atoms with Crippen LogP contribution in [0.2, 0.25) is 0 Å². The van der Waals surface area contributed by atoms with Gasteiger partial charge in [0.25, 0.3) is 0 Å². The van der Waals surface area contributed by atoms with Gasteiger partial charge in [0, 0.05) is 37.4 Å². The van der Waals surface area contributed by atoms with Gasteiger partial charge in [0.15, 0.2) is 0 Å². The van der Waals surface area contributed by atoms with Gasteiger partial charge in [0.05, 0.1) is 4.75 Å². The third kappa shape index (κ3) is 7.30. The van der Waals surface area contributed by atoms with Crippen molar-refractivity contribution in [2.24, 2.45) is 11.8 Å². The molecule has 1 heterocycles. The molecule has 7 heteroatoms. The number of carbonyl (C=O) groups excluding carboxylic acids is 1. The van der Waals surface area contributed by atoms with Crippen molar-refractivity contribution < 1.29 is 13.2 Å². The molecular formula is C22H37N3O3S. The molecule has 0 radical (unpaired) electrons. The van der Waals surface area contributed by atoms with Gasteiger partial charge in [-0.1, -0.05) is 13.8 Å². The number of amides is 1. The Morgan fingerprint density at radius 3 is 2.21 bits per heavy atom. The van der Waals surface area contributed by atoms with Gasteiger partial charge < -0.3 is 10.2 Å². The molecule has 1 aliphatic rings. The summed E-state index contributed by atoms with van der Waals surface area (Å²) in [6.07, 6.45) is 2.93. The summed E-state index contributed by atoms with van der Waals surface area (Å²) >= 11 is 0. The van der Waals surface area contributed by atoms with E-state index in [2.05, 4.69) is 40.9 Å². The second-order valence-electron chi connectivity index (χ2n) is 9.41. The molecule has 1 fully saturated rings. The van der Waals surface area contributed by atoms with Crippen LogP contribution in [0.3, 0.4) is 0 Å². The molecule has 2 N–H and O–H groups in total. The van der Waals surface area contributed by atoms with Gasteiger partial charge in [-0.2, -0.15) is 0 Å². The molecule has 1 aromatic carbocycles. The summed E-state index contributed by atoms with van der Waals surface area (Å²) in [5, 5.41) is 2.92. The molecule has 164 valence electrons. The van der Waals surface area contributed by atoms with Gasteiger partial charge in [0.1, 0.15) is 0 Å². The van der Waals surface area contributed by atoms with E-state index in [0.717, 1.165) is 18.8 Å². The molecule has 0 spiro atoms. The number of unbranched alkanes of at least 4 members (excludes halogenated alkanes) is 1. The summed E-state index contributed by atoms with van der Waals surface area (Å²) in [4.78, 5) is 14.6. The molecule has 0 aliphatic carbocycles. The molecule has 2 unspecified atom stereocenters. The van der Waals surface area contributed by atoms with E-state index in [1.165, 1.54) is 12.1 Å². The van der Waals surface area contributed by atoms with Crippen LogP contribution in [-0.2, 0) is 14.8 Å². The molecule has 6 nitrogen and oxygen atoms in total. The molecule has 2 atom stereocenters. The lowest BCUT2D eigenvalue weighted by Crippen LogP contribution is -2.39. The van der Waals surface area contributed by atoms with E-state index in [9.17, 15) is 13.2 Å². The third-order valence-electron chi connectivity index (χ3n) is 5.31. The zero-order valence-electron chi connectivity index (χ0n) is 18.5. The van der Waals surface area contributed by atoms with E-state index in [-0.39, 0.29) is 5.91 Å². The fraction of sp³-hybridized carbons (Fsp3) is 0.682. The zero-order chi connectivity index (χ0) is 21.7. The van der Waals surface area contributed by atoms with Crippen LogP contribution in [0.15, 0.2) is 24.3 Å². The highest BCUT2D eigenvalue weighted by molar-refractivity contribution is 7.90. The van der Waals surface area contributed by atoms with Crippen LogP contribution in [0.5, 0.6) is 0 Å². The van der Waals surface area contributed by atoms with Gasteiger partial charge in [-0.25, -0.2) is 13.1 Å². The lowest BCUT2D eigenvalue weighted by Gasteiger charge is -2.36. The Balaban J connectivity index is 1.73. The number of sulfonamides is 1. The predicted molar refractivity (Wildman–Crippen MR) is 121 cm³/mol. The maximum atomic E-state index is 12.1. The Morgan fingerprint density at radius 2 is 1.66 bits per heavy atom. The molecule has 1 aliphatic heterocycles. The summed E-state index contributed by atoms with van der Waals surface area (Å²) in [6.45, 7) is 12.1. The number of hydrogen-bond donors (Lipinski definition) is 2. The maximum absolute atomic E-state index is 12.1. The van der Waals surface area contributed by atoms with Gasteiger partial charge >= 0.3 is 0 Å². The first kappa shape index (κ1) is 23.7. The number of nitrogens with one attached hydrogen (secondary N) is 2. The topological polar surface area (TPSA) is 78.5 Å². The summed E-state index contributed by atoms with van der Waals surface area (Å²) in [5.74, 6) is 1.36. The van der Waals surface area contributed by atoms with Crippen LogP contribution in [0.1, 0.15) is 60.3 Å². The molecule has 0 bridgehead atoms. The van der Waals surface area contributed by atoms with Crippen LogP contribution in [0.4, 0.5) is 11.4 Å². The largest absolute Gasteiger partial charge is 0.371 e. The second kappa shape index (κ2) is 9.94. The highest BCUT2D eigenvalue weighted by Crippen LogP contribution is 2.27. The quantitative estimate of drug-likeness (QED) is 0.620. The fourth-order valence-corrected chi connectivity index (χ4v) is 4.53. The fourth-order valence-electron chi connectivity index (χ4n) is 3.69. The van der Waals surface area contributed by atoms with Crippen molar-refractivity contribution in [2.75, 3.05) is 29.9 Å². The number of anilines is 2. The average Bonchev–Trinajstić information content (AvgIpc) is 2.60. The van der Waals surface area contributed by atoms with Crippen LogP contribution in [-0.4, -0.2) is 38.7 Å². The lowest BCUT2D eigenvalue weighted by molar-refractivity contribution is -0.116. The van der Waals surface area contributed by atoms with Crippen LogP contribution in [0, 0.1) is 11.8 Å². The third-order valence-corrected chi connectivity index (χ3v) is 7.51. The number of rotatable bonds is 8. The van der Waals surface area contributed by atoms with E-state index >= 15 is 0 Å². The standard InChI is InChI=1S/C22H37N3O3S/c1-17-14-18(2)16-25(15-17)20-11-9-19(10-12-20)24-21(26)8-6-7-13-23-29(27,28)22(3,4)5/h9-12,17-18,23H,6-8,13-16H2,1-5H3,(H,24,26). The SMILES string of the molecule is CC1CC(C)CN(c2ccc(NC(=O)CCCCNS(=O)(=O)C(C)(C)C)cc2)C1. The molecule has 29 heavy (non-hydrogen) atoms. The Kier molecular flexibility index (Phi) is 8.11. The number of benzene rings is 1. The molecular weight excluding hydrogens is 386 g/mol. The van der Waals surface area contributed by atoms with E-state index in [1.807, 2.05) is 12.1 Å². The molecule has 1 amide bonds. The van der Waals surface area contributed by atoms with Crippen LogP contribution >= 0.6 is 0 Å². The Bertz CT molecular complexity index is 759. The second-order valence-corrected chi connectivity index (χ2v) is 11.9. The minimum absolute atomic E-state index is 0.0448. The first-order chi connectivity index (χ1) is 13.5. The van der Waals surface area contributed by atoms with Gasteiger partial charge in [-0.05, 0) is 76.1 Å². The zero-order valence-corrected chi connectivity index (χ0v) is 19.3. The summed E-state index contributed by atoms with van der Waals surface area (Å²) < 4.78 is 25.7. The van der Waals surface area contributed by atoms with Crippen molar-refractivity contribution in [2.45, 2.75) is 65.0 Å².